The van der Waals surface area contributed by atoms with E-state index in [1.165, 1.54) is 0 Å². The molecule has 1 heterocycles. The van der Waals surface area contributed by atoms with E-state index < -0.39 is 5.60 Å². The summed E-state index contributed by atoms with van der Waals surface area (Å²) in [5, 5.41) is 13.5. The molecule has 1 aromatic heterocycles. The molecule has 2 rings (SSSR count). The van der Waals surface area contributed by atoms with Crippen LogP contribution in [-0.4, -0.2) is 52.8 Å². The second kappa shape index (κ2) is 8.01. The molecule has 0 bridgehead atoms. The average molecular weight is 316 g/mol. The maximum atomic E-state index is 10.2. The standard InChI is InChI=1S/C17H24N4O2/c1-17(22,13-21(2)3)12-19-10-14-4-6-15(7-5-14)23-16-11-18-8-9-20-16/h4-9,11,19,22H,10,12-13H2,1-3H3. The Kier molecular flexibility index (Phi) is 6.04. The summed E-state index contributed by atoms with van der Waals surface area (Å²) in [7, 11) is 3.90. The molecular weight excluding hydrogens is 292 g/mol. The predicted molar refractivity (Wildman–Crippen MR) is 89.4 cm³/mol. The lowest BCUT2D eigenvalue weighted by atomic mass is 10.1. The van der Waals surface area contributed by atoms with Gasteiger partial charge in [-0.2, -0.15) is 0 Å². The number of benzene rings is 1. The van der Waals surface area contributed by atoms with Gasteiger partial charge in [0.15, 0.2) is 0 Å². The van der Waals surface area contributed by atoms with Crippen LogP contribution in [0.3, 0.4) is 0 Å². The molecule has 0 spiro atoms. The first-order valence-electron chi connectivity index (χ1n) is 7.55. The van der Waals surface area contributed by atoms with Crippen molar-refractivity contribution in [2.75, 3.05) is 27.2 Å². The van der Waals surface area contributed by atoms with Crippen LogP contribution >= 0.6 is 0 Å². The number of hydrogen-bond donors (Lipinski definition) is 2. The van der Waals surface area contributed by atoms with Gasteiger partial charge >= 0.3 is 0 Å². The highest BCUT2D eigenvalue weighted by atomic mass is 16.5. The molecule has 2 N–H and O–H groups in total. The summed E-state index contributed by atoms with van der Waals surface area (Å²) in [6.07, 6.45) is 4.77. The molecule has 0 amide bonds. The normalized spacial score (nSPS) is 13.8. The maximum Gasteiger partial charge on any atom is 0.237 e. The zero-order valence-corrected chi connectivity index (χ0v) is 13.9. The summed E-state index contributed by atoms with van der Waals surface area (Å²) in [5.74, 6) is 1.19. The second-order valence-corrected chi connectivity index (χ2v) is 6.13. The van der Waals surface area contributed by atoms with Crippen molar-refractivity contribution in [3.8, 4) is 11.6 Å². The van der Waals surface area contributed by atoms with Gasteiger partial charge in [0, 0.05) is 32.0 Å². The summed E-state index contributed by atoms with van der Waals surface area (Å²) in [4.78, 5) is 10.00. The second-order valence-electron chi connectivity index (χ2n) is 6.13. The molecule has 124 valence electrons. The van der Waals surface area contributed by atoms with Crippen molar-refractivity contribution in [1.29, 1.82) is 0 Å². The Labute approximate surface area is 137 Å². The molecule has 6 nitrogen and oxygen atoms in total. The van der Waals surface area contributed by atoms with Crippen LogP contribution in [0.15, 0.2) is 42.9 Å². The fourth-order valence-electron chi connectivity index (χ4n) is 2.35. The molecular formula is C17H24N4O2. The first kappa shape index (κ1) is 17.3. The zero-order chi connectivity index (χ0) is 16.7. The van der Waals surface area contributed by atoms with Crippen LogP contribution in [0.1, 0.15) is 12.5 Å². The summed E-state index contributed by atoms with van der Waals surface area (Å²) in [5.41, 5.74) is 0.371. The smallest absolute Gasteiger partial charge is 0.237 e. The molecule has 1 aromatic carbocycles. The van der Waals surface area contributed by atoms with Crippen molar-refractivity contribution >= 4 is 0 Å². The Hall–Kier alpha value is -2.02. The van der Waals surface area contributed by atoms with Crippen LogP contribution in [0.5, 0.6) is 11.6 Å². The average Bonchev–Trinajstić information content (AvgIpc) is 2.48. The zero-order valence-electron chi connectivity index (χ0n) is 13.9. The van der Waals surface area contributed by atoms with Crippen molar-refractivity contribution < 1.29 is 9.84 Å². The summed E-state index contributed by atoms with van der Waals surface area (Å²) in [6.45, 7) is 3.67. The highest BCUT2D eigenvalue weighted by Crippen LogP contribution is 2.18. The van der Waals surface area contributed by atoms with Crippen LogP contribution in [0.25, 0.3) is 0 Å². The van der Waals surface area contributed by atoms with Gasteiger partial charge in [-0.25, -0.2) is 4.98 Å². The number of likely N-dealkylation sites (N-methyl/N-ethyl adjacent to an activating group) is 1. The van der Waals surface area contributed by atoms with Gasteiger partial charge in [-0.3, -0.25) is 4.98 Å². The van der Waals surface area contributed by atoms with Gasteiger partial charge in [0.05, 0.1) is 11.8 Å². The van der Waals surface area contributed by atoms with E-state index in [4.69, 9.17) is 4.74 Å². The van der Waals surface area contributed by atoms with Crippen molar-refractivity contribution in [3.05, 3.63) is 48.4 Å². The Morgan fingerprint density at radius 1 is 1.22 bits per heavy atom. The van der Waals surface area contributed by atoms with Crippen molar-refractivity contribution in [2.24, 2.45) is 0 Å². The van der Waals surface area contributed by atoms with E-state index in [0.29, 0.717) is 31.3 Å². The number of aromatic nitrogens is 2. The van der Waals surface area contributed by atoms with Crippen LogP contribution in [0.2, 0.25) is 0 Å². The maximum absolute atomic E-state index is 10.2. The SMILES string of the molecule is CN(C)CC(C)(O)CNCc1ccc(Oc2cnccn2)cc1. The third-order valence-corrected chi connectivity index (χ3v) is 3.18. The molecule has 0 aliphatic rings. The minimum absolute atomic E-state index is 0.470. The molecule has 6 heteroatoms. The number of nitrogens with one attached hydrogen (secondary N) is 1. The van der Waals surface area contributed by atoms with Gasteiger partial charge in [0.25, 0.3) is 0 Å². The highest BCUT2D eigenvalue weighted by molar-refractivity contribution is 5.29. The van der Waals surface area contributed by atoms with Gasteiger partial charge in [0.2, 0.25) is 5.88 Å². The van der Waals surface area contributed by atoms with E-state index in [-0.39, 0.29) is 0 Å². The molecule has 1 unspecified atom stereocenters. The lowest BCUT2D eigenvalue weighted by Gasteiger charge is -2.27. The van der Waals surface area contributed by atoms with Crippen LogP contribution in [0.4, 0.5) is 0 Å². The summed E-state index contributed by atoms with van der Waals surface area (Å²) in [6, 6.07) is 7.76. The monoisotopic (exact) mass is 316 g/mol. The number of ether oxygens (including phenoxy) is 1. The van der Waals surface area contributed by atoms with Gasteiger partial charge in [-0.05, 0) is 38.7 Å². The molecule has 0 aliphatic heterocycles. The third kappa shape index (κ3) is 6.32. The Morgan fingerprint density at radius 2 is 1.96 bits per heavy atom. The van der Waals surface area contributed by atoms with Gasteiger partial charge in [0.1, 0.15) is 5.75 Å². The third-order valence-electron chi connectivity index (χ3n) is 3.18. The van der Waals surface area contributed by atoms with Crippen LogP contribution in [0, 0.1) is 0 Å². The molecule has 2 aromatic rings. The van der Waals surface area contributed by atoms with Crippen molar-refractivity contribution in [3.63, 3.8) is 0 Å². The van der Waals surface area contributed by atoms with Crippen molar-refractivity contribution in [2.45, 2.75) is 19.1 Å². The molecule has 1 atom stereocenters. The predicted octanol–water partition coefficient (Wildman–Crippen LogP) is 1.67. The Bertz CT molecular complexity index is 585. The largest absolute Gasteiger partial charge is 0.438 e. The van der Waals surface area contributed by atoms with Gasteiger partial charge in [-0.15, -0.1) is 0 Å². The molecule has 0 saturated carbocycles. The fourth-order valence-corrected chi connectivity index (χ4v) is 2.35. The molecule has 0 aliphatic carbocycles. The van der Waals surface area contributed by atoms with E-state index in [1.807, 2.05) is 50.2 Å². The number of rotatable bonds is 8. The Balaban J connectivity index is 1.81. The minimum Gasteiger partial charge on any atom is -0.438 e. The van der Waals surface area contributed by atoms with E-state index in [9.17, 15) is 5.11 Å². The van der Waals surface area contributed by atoms with Gasteiger partial charge < -0.3 is 20.1 Å². The first-order valence-corrected chi connectivity index (χ1v) is 7.55. The number of nitrogens with zero attached hydrogens (tertiary/aromatic N) is 3. The lowest BCUT2D eigenvalue weighted by Crippen LogP contribution is -2.45. The topological polar surface area (TPSA) is 70.5 Å². The van der Waals surface area contributed by atoms with E-state index in [2.05, 4.69) is 15.3 Å². The molecule has 0 fully saturated rings. The van der Waals surface area contributed by atoms with Crippen LogP contribution in [-0.2, 0) is 6.54 Å². The van der Waals surface area contributed by atoms with Crippen molar-refractivity contribution in [1.82, 2.24) is 20.2 Å². The van der Waals surface area contributed by atoms with E-state index in [0.717, 1.165) is 5.56 Å². The number of hydrogen-bond acceptors (Lipinski definition) is 6. The van der Waals surface area contributed by atoms with Gasteiger partial charge in [-0.1, -0.05) is 12.1 Å². The molecule has 0 saturated heterocycles. The quantitative estimate of drug-likeness (QED) is 0.772. The first-order chi connectivity index (χ1) is 10.9. The molecule has 23 heavy (non-hydrogen) atoms. The summed E-state index contributed by atoms with van der Waals surface area (Å²) < 4.78 is 5.60. The fraction of sp³-hybridized carbons (Fsp3) is 0.412. The summed E-state index contributed by atoms with van der Waals surface area (Å²) >= 11 is 0. The molecule has 0 radical (unpaired) electrons. The van der Waals surface area contributed by atoms with E-state index >= 15 is 0 Å². The number of aliphatic hydroxyl groups is 1. The van der Waals surface area contributed by atoms with E-state index in [1.54, 1.807) is 18.6 Å². The minimum atomic E-state index is -0.751. The lowest BCUT2D eigenvalue weighted by molar-refractivity contribution is 0.0336. The van der Waals surface area contributed by atoms with Crippen LogP contribution < -0.4 is 10.1 Å². The highest BCUT2D eigenvalue weighted by Gasteiger charge is 2.20. The Morgan fingerprint density at radius 3 is 2.57 bits per heavy atom.